The normalized spacial score (nSPS) is 12.4. The summed E-state index contributed by atoms with van der Waals surface area (Å²) in [4.78, 5) is 0. The van der Waals surface area contributed by atoms with Crippen LogP contribution in [0.5, 0.6) is 0 Å². The Hall–Kier alpha value is 0.651. The van der Waals surface area contributed by atoms with Crippen LogP contribution in [0.15, 0.2) is 0 Å². The van der Waals surface area contributed by atoms with Crippen molar-refractivity contribution in [3.05, 3.63) is 0 Å². The molecule has 0 atom stereocenters. The molecule has 0 aromatic rings. The molecular weight excluding hydrogens is 373 g/mol. The van der Waals surface area contributed by atoms with Crippen LogP contribution in [0.25, 0.3) is 0 Å². The Labute approximate surface area is 180 Å². The van der Waals surface area contributed by atoms with Gasteiger partial charge in [-0.25, -0.2) is 0 Å². The van der Waals surface area contributed by atoms with E-state index in [1.807, 2.05) is 0 Å². The maximum atomic E-state index is 2.34. The van der Waals surface area contributed by atoms with Gasteiger partial charge in [0.05, 0.1) is 0 Å². The fourth-order valence-electron chi connectivity index (χ4n) is 4.43. The van der Waals surface area contributed by atoms with E-state index in [1.165, 1.54) is 77.0 Å². The third-order valence-electron chi connectivity index (χ3n) is 6.40. The van der Waals surface area contributed by atoms with Crippen molar-refractivity contribution in [2.75, 3.05) is 0 Å². The molecule has 0 rings (SSSR count). The van der Waals surface area contributed by atoms with Gasteiger partial charge < -0.3 is 0 Å². The van der Waals surface area contributed by atoms with Crippen molar-refractivity contribution < 1.29 is 0 Å². The molecule has 0 heterocycles. The highest BCUT2D eigenvalue weighted by molar-refractivity contribution is 7.35. The molecule has 0 aromatic heterocycles. The number of hydrogen-bond donors (Lipinski definition) is 0. The van der Waals surface area contributed by atoms with E-state index < -0.39 is 0 Å². The van der Waals surface area contributed by atoms with Crippen molar-refractivity contribution in [1.29, 1.82) is 0 Å². The molecule has 0 unspecified atom stereocenters. The Morgan fingerprint density at radius 3 is 1.26 bits per heavy atom. The fraction of sp³-hybridized carbons (Fsp3) is 1.00. The summed E-state index contributed by atoms with van der Waals surface area (Å²) in [6.45, 7) is 7.00. The number of hydrogen-bond acceptors (Lipinski definition) is 0. The molecule has 0 nitrogen and oxygen atoms in total. The highest BCUT2D eigenvalue weighted by atomic mass is 29.5. The second-order valence-corrected chi connectivity index (χ2v) is 26.6. The van der Waals surface area contributed by atoms with Gasteiger partial charge in [-0.05, 0) is 0 Å². The monoisotopic (exact) mass is 428 g/mol. The topological polar surface area (TPSA) is 0 Å². The van der Waals surface area contributed by atoms with Gasteiger partial charge in [0.15, 0.2) is 0 Å². The highest BCUT2D eigenvalue weighted by Gasteiger charge is 2.11. The lowest BCUT2D eigenvalue weighted by atomic mass is 10.1. The molecular formula is C24H56Si3. The summed E-state index contributed by atoms with van der Waals surface area (Å²) in [5, 5.41) is 0. The van der Waals surface area contributed by atoms with Crippen molar-refractivity contribution in [3.8, 4) is 0 Å². The van der Waals surface area contributed by atoms with Gasteiger partial charge in [0, 0.05) is 25.9 Å². The average molecular weight is 429 g/mol. The van der Waals surface area contributed by atoms with Gasteiger partial charge in [-0.3, -0.25) is 0 Å². The minimum atomic E-state index is -0.221. The van der Waals surface area contributed by atoms with Crippen LogP contribution in [0.3, 0.4) is 0 Å². The molecule has 0 aliphatic rings. The molecule has 0 saturated carbocycles. The Kier molecular flexibility index (Phi) is 25.3. The van der Waals surface area contributed by atoms with E-state index in [-0.39, 0.29) is 8.31 Å². The molecule has 164 valence electrons. The van der Waals surface area contributed by atoms with E-state index in [2.05, 4.69) is 20.8 Å². The first-order chi connectivity index (χ1) is 13.3. The van der Waals surface area contributed by atoms with Gasteiger partial charge in [0.2, 0.25) is 0 Å². The molecule has 0 bridgehead atoms. The molecule has 0 aliphatic carbocycles. The molecule has 0 spiro atoms. The lowest BCUT2D eigenvalue weighted by molar-refractivity contribution is 0.618. The van der Waals surface area contributed by atoms with Crippen LogP contribution in [-0.2, 0) is 0 Å². The van der Waals surface area contributed by atoms with Crippen LogP contribution in [0.1, 0.15) is 136 Å². The fourth-order valence-corrected chi connectivity index (χ4v) is 28.7. The predicted octanol–water partition coefficient (Wildman–Crippen LogP) is 7.46. The van der Waals surface area contributed by atoms with E-state index in [1.54, 1.807) is 56.7 Å². The van der Waals surface area contributed by atoms with Crippen molar-refractivity contribution in [1.82, 2.24) is 0 Å². The number of rotatable bonds is 23. The summed E-state index contributed by atoms with van der Waals surface area (Å²) >= 11 is 0. The third-order valence-corrected chi connectivity index (χ3v) is 29.7. The minimum absolute atomic E-state index is 0.221. The van der Waals surface area contributed by atoms with Crippen LogP contribution >= 0.6 is 0 Å². The van der Waals surface area contributed by atoms with Gasteiger partial charge >= 0.3 is 0 Å². The molecule has 3 heteroatoms. The van der Waals surface area contributed by atoms with Crippen LogP contribution < -0.4 is 0 Å². The second kappa shape index (κ2) is 24.7. The first-order valence-corrected chi connectivity index (χ1v) is 23.2. The quantitative estimate of drug-likeness (QED) is 0.117. The van der Waals surface area contributed by atoms with E-state index >= 15 is 0 Å². The maximum Gasteiger partial charge on any atom is 0.0210 e. The summed E-state index contributed by atoms with van der Waals surface area (Å²) in [6, 6.07) is 5.25. The summed E-state index contributed by atoms with van der Waals surface area (Å²) in [6.07, 6.45) is 27.2. The summed E-state index contributed by atoms with van der Waals surface area (Å²) < 4.78 is 0. The van der Waals surface area contributed by atoms with Crippen LogP contribution in [0.2, 0.25) is 18.1 Å². The molecule has 0 radical (unpaired) electrons. The Morgan fingerprint density at radius 1 is 0.444 bits per heavy atom. The first kappa shape index (κ1) is 27.7. The van der Waals surface area contributed by atoms with E-state index in [0.717, 1.165) is 0 Å². The Balaban J connectivity index is 3.77. The van der Waals surface area contributed by atoms with Crippen LogP contribution in [-0.4, -0.2) is 25.9 Å². The zero-order valence-electron chi connectivity index (χ0n) is 19.8. The van der Waals surface area contributed by atoms with Crippen molar-refractivity contribution in [2.45, 2.75) is 154 Å². The predicted molar refractivity (Wildman–Crippen MR) is 139 cm³/mol. The standard InChI is InChI=1S/C24H56Si3/c1-4-7-10-13-16-19-22-25-26-27(23-20-17-14-11-8-5-2)24-21-18-15-12-9-6-3/h27H,4-26H2,1-3H3. The summed E-state index contributed by atoms with van der Waals surface area (Å²) in [5.41, 5.74) is 0. The molecule has 0 amide bonds. The molecule has 0 N–H and O–H groups in total. The van der Waals surface area contributed by atoms with Gasteiger partial charge in [0.1, 0.15) is 0 Å². The molecule has 0 aromatic carbocycles. The molecule has 0 fully saturated rings. The summed E-state index contributed by atoms with van der Waals surface area (Å²) in [7, 11) is 0.681. The van der Waals surface area contributed by atoms with Crippen molar-refractivity contribution in [3.63, 3.8) is 0 Å². The van der Waals surface area contributed by atoms with Gasteiger partial charge in [-0.15, -0.1) is 0 Å². The SMILES string of the molecule is CCCCCCCC[SiH2][SiH2][SiH](CCCCCCCC)CCCCCCCC. The van der Waals surface area contributed by atoms with Gasteiger partial charge in [0.25, 0.3) is 0 Å². The Bertz CT molecular complexity index is 242. The maximum absolute atomic E-state index is 2.34. The van der Waals surface area contributed by atoms with Gasteiger partial charge in [-0.1, -0.05) is 154 Å². The van der Waals surface area contributed by atoms with E-state index in [0.29, 0.717) is 17.6 Å². The third kappa shape index (κ3) is 22.8. The highest BCUT2D eigenvalue weighted by Crippen LogP contribution is 2.15. The lowest BCUT2D eigenvalue weighted by Crippen LogP contribution is -2.27. The van der Waals surface area contributed by atoms with Crippen LogP contribution in [0, 0.1) is 0 Å². The van der Waals surface area contributed by atoms with E-state index in [9.17, 15) is 0 Å². The largest absolute Gasteiger partial charge is 0.0654 e. The first-order valence-electron chi connectivity index (χ1n) is 13.3. The van der Waals surface area contributed by atoms with E-state index in [4.69, 9.17) is 0 Å². The second-order valence-electron chi connectivity index (χ2n) is 9.24. The molecule has 27 heavy (non-hydrogen) atoms. The lowest BCUT2D eigenvalue weighted by Gasteiger charge is -2.15. The van der Waals surface area contributed by atoms with Gasteiger partial charge in [-0.2, -0.15) is 0 Å². The zero-order valence-corrected chi connectivity index (χ0v) is 23.8. The summed E-state index contributed by atoms with van der Waals surface area (Å²) in [5.74, 6) is 0. The van der Waals surface area contributed by atoms with Crippen molar-refractivity contribution in [2.24, 2.45) is 0 Å². The smallest absolute Gasteiger partial charge is 0.0210 e. The van der Waals surface area contributed by atoms with Crippen molar-refractivity contribution >= 4 is 25.9 Å². The average Bonchev–Trinajstić information content (AvgIpc) is 2.68. The van der Waals surface area contributed by atoms with Crippen LogP contribution in [0.4, 0.5) is 0 Å². The number of unbranched alkanes of at least 4 members (excludes halogenated alkanes) is 15. The molecule has 0 aliphatic heterocycles. The Morgan fingerprint density at radius 2 is 0.815 bits per heavy atom. The zero-order chi connectivity index (χ0) is 19.8. The minimum Gasteiger partial charge on any atom is -0.0654 e. The molecule has 0 saturated heterocycles.